The van der Waals surface area contributed by atoms with Crippen molar-refractivity contribution in [3.8, 4) is 40.2 Å². The third-order valence-electron chi connectivity index (χ3n) is 10.6. The molecule has 27 heteroatoms. The highest BCUT2D eigenvalue weighted by molar-refractivity contribution is 9.10. The number of carbonyl (C=O) groups excluding carboxylic acids is 4. The number of benzene rings is 4. The first-order valence-electron chi connectivity index (χ1n) is 20.9. The fourth-order valence-corrected chi connectivity index (χ4v) is 8.25. The van der Waals surface area contributed by atoms with Gasteiger partial charge >= 0.3 is 5.69 Å². The van der Waals surface area contributed by atoms with E-state index in [4.69, 9.17) is 65.4 Å². The molecule has 72 heavy (non-hydrogen) atoms. The zero-order valence-electron chi connectivity index (χ0n) is 37.7. The van der Waals surface area contributed by atoms with Crippen LogP contribution < -0.4 is 46.3 Å². The molecule has 0 spiro atoms. The summed E-state index contributed by atoms with van der Waals surface area (Å²) in [4.78, 5) is 71.5. The molecule has 1 aromatic heterocycles. The van der Waals surface area contributed by atoms with Crippen LogP contribution >= 0.6 is 62.3 Å². The number of aromatic amines is 1. The molecule has 0 unspecified atom stereocenters. The topological polar surface area (TPSA) is 221 Å². The predicted octanol–water partition coefficient (Wildman–Crippen LogP) is 9.44. The van der Waals surface area contributed by atoms with E-state index >= 15 is 0 Å². The van der Waals surface area contributed by atoms with E-state index in [1.165, 1.54) is 20.3 Å². The molecule has 1 aliphatic heterocycles. The fourth-order valence-electron chi connectivity index (χ4n) is 6.42. The van der Waals surface area contributed by atoms with Crippen molar-refractivity contribution in [3.05, 3.63) is 122 Å². The first-order chi connectivity index (χ1) is 33.7. The van der Waals surface area contributed by atoms with Crippen molar-refractivity contribution in [2.24, 2.45) is 5.10 Å². The van der Waals surface area contributed by atoms with Gasteiger partial charge in [-0.1, -0.05) is 62.3 Å². The Morgan fingerprint density at radius 1 is 0.736 bits per heavy atom. The van der Waals surface area contributed by atoms with Crippen molar-refractivity contribution in [3.63, 3.8) is 0 Å². The number of ether oxygens (including phenoxy) is 4. The van der Waals surface area contributed by atoms with Crippen molar-refractivity contribution < 1.29 is 55.7 Å². The maximum absolute atomic E-state index is 14.7. The zero-order chi connectivity index (χ0) is 51.8. The normalized spacial score (nSPS) is 14.1. The van der Waals surface area contributed by atoms with Gasteiger partial charge in [-0.25, -0.2) is 27.8 Å². The number of halogens is 9. The van der Waals surface area contributed by atoms with Crippen LogP contribution in [0.2, 0.25) is 20.1 Å². The van der Waals surface area contributed by atoms with Crippen LogP contribution in [-0.2, 0) is 9.59 Å². The molecule has 4 aromatic carbocycles. The number of hydrogen-bond donors (Lipinski definition) is 4. The monoisotopic (exact) mass is 1140 g/mol. The third kappa shape index (κ3) is 13.9. The molecule has 2 heterocycles. The van der Waals surface area contributed by atoms with Gasteiger partial charge in [-0.2, -0.15) is 14.9 Å². The number of alkyl halides is 2. The van der Waals surface area contributed by atoms with Crippen molar-refractivity contribution in [2.45, 2.75) is 70.4 Å². The van der Waals surface area contributed by atoms with E-state index in [9.17, 15) is 46.3 Å². The smallest absolute Gasteiger partial charge is 0.349 e. The van der Waals surface area contributed by atoms with Gasteiger partial charge in [0.1, 0.15) is 17.2 Å². The highest BCUT2D eigenvalue weighted by Crippen LogP contribution is 2.42. The Morgan fingerprint density at radius 3 is 1.56 bits per heavy atom. The summed E-state index contributed by atoms with van der Waals surface area (Å²) in [6.07, 6.45) is 2.31. The summed E-state index contributed by atoms with van der Waals surface area (Å²) in [6, 6.07) is 9.99. The second kappa shape index (κ2) is 25.0. The minimum Gasteiger partial charge on any atom is -0.496 e. The lowest BCUT2D eigenvalue weighted by Crippen LogP contribution is -2.39. The van der Waals surface area contributed by atoms with E-state index in [1.807, 2.05) is 0 Å². The zero-order valence-corrected chi connectivity index (χ0v) is 42.3. The third-order valence-corrected chi connectivity index (χ3v) is 12.2. The van der Waals surface area contributed by atoms with Gasteiger partial charge in [0.2, 0.25) is 5.91 Å². The molecule has 4 N–H and O–H groups in total. The molecule has 3 aliphatic rings. The number of carbonyl (C=O) groups is 4. The van der Waals surface area contributed by atoms with Gasteiger partial charge < -0.3 is 29.6 Å². The molecule has 2 aliphatic carbocycles. The number of H-pyrrole nitrogens is 1. The lowest BCUT2D eigenvalue weighted by Gasteiger charge is -2.26. The van der Waals surface area contributed by atoms with Crippen LogP contribution in [0.4, 0.5) is 17.6 Å². The largest absolute Gasteiger partial charge is 0.496 e. The molecule has 8 rings (SSSR count). The second-order valence-corrected chi connectivity index (χ2v) is 18.0. The van der Waals surface area contributed by atoms with Gasteiger partial charge in [-0.3, -0.25) is 29.0 Å². The number of aromatic nitrogens is 3. The lowest BCUT2D eigenvalue weighted by atomic mass is 9.93. The molecule has 17 nitrogen and oxygen atoms in total. The molecule has 2 saturated carbocycles. The average molecular weight is 1150 g/mol. The molecule has 3 amide bonds. The number of hydrazone groups is 1. The first kappa shape index (κ1) is 56.8. The fraction of sp³-hybridized carbons (Fsp3) is 0.289. The molecule has 2 fully saturated rings. The molecular weight excluding hydrogens is 1110 g/mol. The molecule has 5 aromatic rings. The number of methoxy groups -OCH3 is 2. The van der Waals surface area contributed by atoms with E-state index in [1.54, 1.807) is 24.0 Å². The van der Waals surface area contributed by atoms with Crippen LogP contribution in [0, 0.1) is 11.6 Å². The average Bonchev–Trinajstić information content (AvgIpc) is 3.28. The minimum atomic E-state index is -3.25. The molecule has 0 bridgehead atoms. The summed E-state index contributed by atoms with van der Waals surface area (Å²) in [5.74, 6) is -3.53. The molecule has 0 atom stereocenters. The Labute approximate surface area is 436 Å². The number of ketones is 1. The van der Waals surface area contributed by atoms with Gasteiger partial charge in [-0.15, -0.1) is 0 Å². The van der Waals surface area contributed by atoms with Gasteiger partial charge in [0.05, 0.1) is 57.5 Å². The Hall–Kier alpha value is -6.14. The quantitative estimate of drug-likeness (QED) is 0.0523. The van der Waals surface area contributed by atoms with Crippen LogP contribution in [0.5, 0.6) is 34.5 Å². The Bertz CT molecular complexity index is 3030. The summed E-state index contributed by atoms with van der Waals surface area (Å²) >= 11 is 28.0. The Kier molecular flexibility index (Phi) is 19.7. The summed E-state index contributed by atoms with van der Waals surface area (Å²) in [5.41, 5.74) is -1.05. The summed E-state index contributed by atoms with van der Waals surface area (Å²) in [6.45, 7) is 1.57. The number of hydrogen-bond acceptors (Lipinski definition) is 12. The predicted molar refractivity (Wildman–Crippen MR) is 262 cm³/mol. The van der Waals surface area contributed by atoms with Crippen molar-refractivity contribution in [1.29, 1.82) is 0 Å². The second-order valence-electron chi connectivity index (χ2n) is 15.5. The minimum absolute atomic E-state index is 0. The number of rotatable bonds is 12. The van der Waals surface area contributed by atoms with Gasteiger partial charge in [0.25, 0.3) is 23.8 Å². The van der Waals surface area contributed by atoms with E-state index in [0.717, 1.165) is 68.9 Å². The highest BCUT2D eigenvalue weighted by atomic mass is 79.9. The molecule has 379 valence electrons. The summed E-state index contributed by atoms with van der Waals surface area (Å²) < 4.78 is 77.8. The van der Waals surface area contributed by atoms with E-state index < -0.39 is 46.7 Å². The van der Waals surface area contributed by atoms with Gasteiger partial charge in [0, 0.05) is 49.2 Å². The summed E-state index contributed by atoms with van der Waals surface area (Å²) in [5, 5.41) is 12.5. The van der Waals surface area contributed by atoms with E-state index in [2.05, 4.69) is 42.2 Å². The van der Waals surface area contributed by atoms with Crippen molar-refractivity contribution >= 4 is 100.0 Å². The first-order valence-corrected chi connectivity index (χ1v) is 23.2. The van der Waals surface area contributed by atoms with Crippen LogP contribution in [-0.4, -0.2) is 78.7 Å². The standard InChI is InChI=1S/C22H17Cl2F3N4O5.C18H15BrCl2FNO3.C5H6N2O2.B/c1-35-15-8-14(25)16(7-11(15)20(32)28-9-3-2-4-9)36-18-12(23)5-10(6-13(18)24)31-22(34)29-21(33)17(30-31)19(26)27;1-25-15-8-14(22)16(7-11(15)18(24)23-10-3-2-4-10)26-17-12(20)5-9(19)6-13(17)21;1-3-4(8)2-5(9)7-6-3;/h5-9,19H,2-4H2,1H3,(H,28,32)(H,29,33,34);5-8,10H,2-4H2,1H3,(H,23,24);2H2,1H3,(H,7,9);. The molecule has 3 radical (unpaired) electrons. The van der Waals surface area contributed by atoms with Crippen molar-refractivity contribution in [1.82, 2.24) is 30.8 Å². The van der Waals surface area contributed by atoms with Crippen LogP contribution in [0.1, 0.15) is 84.7 Å². The number of nitrogens with one attached hydrogen (secondary N) is 4. The maximum Gasteiger partial charge on any atom is 0.349 e. The van der Waals surface area contributed by atoms with E-state index in [-0.39, 0.29) is 110 Å². The Balaban J connectivity index is 0.000000232. The van der Waals surface area contributed by atoms with Crippen LogP contribution in [0.15, 0.2) is 67.7 Å². The highest BCUT2D eigenvalue weighted by Gasteiger charge is 2.27. The van der Waals surface area contributed by atoms with Crippen LogP contribution in [0.25, 0.3) is 5.69 Å². The van der Waals surface area contributed by atoms with Gasteiger partial charge in [0.15, 0.2) is 46.1 Å². The van der Waals surface area contributed by atoms with Crippen molar-refractivity contribution in [2.75, 3.05) is 14.2 Å². The molecule has 0 saturated heterocycles. The Morgan fingerprint density at radius 2 is 1.18 bits per heavy atom. The number of Topliss-reactive ketones (excluding diaryl/α,β-unsaturated/α-hetero) is 1. The number of nitrogens with zero attached hydrogens (tertiary/aromatic N) is 3. The lowest BCUT2D eigenvalue weighted by molar-refractivity contribution is -0.126. The van der Waals surface area contributed by atoms with E-state index in [0.29, 0.717) is 14.9 Å². The maximum atomic E-state index is 14.7. The SMILES string of the molecule is CC1=NNC(=O)CC1=O.COc1cc(F)c(Oc2c(Cl)cc(-n3nc(C(F)F)c(=O)[nH]c3=O)cc2Cl)cc1C(=O)NC1CCC1.COc1cc(F)c(Oc2c(Cl)cc(Br)cc2Cl)cc1C(=O)NC1CCC1.[B]. The molecular formula is C45H38BBrCl4F4N7O10. The number of amides is 3. The summed E-state index contributed by atoms with van der Waals surface area (Å²) in [7, 11) is 2.66. The van der Waals surface area contributed by atoms with Gasteiger partial charge in [-0.05, 0) is 69.7 Å². The van der Waals surface area contributed by atoms with Crippen LogP contribution in [0.3, 0.4) is 0 Å².